The molecule has 5 heteroatoms. The fourth-order valence-electron chi connectivity index (χ4n) is 2.42. The summed E-state index contributed by atoms with van der Waals surface area (Å²) in [6.45, 7) is 4.19. The lowest BCUT2D eigenvalue weighted by Crippen LogP contribution is -2.05. The first-order chi connectivity index (χ1) is 9.97. The van der Waals surface area contributed by atoms with E-state index in [1.54, 1.807) is 6.07 Å². The Hall–Kier alpha value is -1.63. The minimum absolute atomic E-state index is 0.233. The van der Waals surface area contributed by atoms with Gasteiger partial charge in [0.25, 0.3) is 0 Å². The van der Waals surface area contributed by atoms with Crippen LogP contribution in [-0.2, 0) is 0 Å². The highest BCUT2D eigenvalue weighted by atomic mass is 127. The van der Waals surface area contributed by atoms with Crippen LogP contribution in [0.25, 0.3) is 16.7 Å². The summed E-state index contributed by atoms with van der Waals surface area (Å²) in [4.78, 5) is 4.70. The molecule has 0 aliphatic heterocycles. The average Bonchev–Trinajstić information content (AvgIpc) is 2.77. The third kappa shape index (κ3) is 2.50. The van der Waals surface area contributed by atoms with Crippen molar-refractivity contribution in [3.05, 3.63) is 51.6 Å². The molecule has 108 valence electrons. The molecule has 0 saturated heterocycles. The van der Waals surface area contributed by atoms with Crippen LogP contribution in [-0.4, -0.2) is 9.55 Å². The van der Waals surface area contributed by atoms with Gasteiger partial charge in [-0.05, 0) is 59.0 Å². The lowest BCUT2D eigenvalue weighted by molar-refractivity contribution is 0.626. The van der Waals surface area contributed by atoms with Crippen LogP contribution in [0, 0.1) is 9.39 Å². The molecule has 0 saturated carbocycles. The number of hydrogen-bond donors (Lipinski definition) is 1. The molecule has 0 radical (unpaired) electrons. The summed E-state index contributed by atoms with van der Waals surface area (Å²) in [5.41, 5.74) is 9.32. The van der Waals surface area contributed by atoms with Gasteiger partial charge in [-0.15, -0.1) is 0 Å². The van der Waals surface area contributed by atoms with Crippen molar-refractivity contribution in [1.82, 2.24) is 9.55 Å². The van der Waals surface area contributed by atoms with Gasteiger partial charge in [-0.2, -0.15) is 0 Å². The van der Waals surface area contributed by atoms with Gasteiger partial charge in [0.1, 0.15) is 11.6 Å². The van der Waals surface area contributed by atoms with Crippen LogP contribution < -0.4 is 5.73 Å². The zero-order valence-electron chi connectivity index (χ0n) is 11.8. The van der Waals surface area contributed by atoms with Gasteiger partial charge in [-0.3, -0.25) is 4.57 Å². The van der Waals surface area contributed by atoms with Gasteiger partial charge in [0.15, 0.2) is 0 Å². The largest absolute Gasteiger partial charge is 0.399 e. The summed E-state index contributed by atoms with van der Waals surface area (Å²) in [5.74, 6) is 0.961. The number of anilines is 1. The molecule has 0 spiro atoms. The summed E-state index contributed by atoms with van der Waals surface area (Å²) < 4.78 is 16.3. The molecular weight excluding hydrogens is 380 g/mol. The first-order valence-electron chi connectivity index (χ1n) is 6.70. The molecule has 0 atom stereocenters. The number of rotatable bonds is 2. The predicted octanol–water partition coefficient (Wildman–Crippen LogP) is 4.47. The normalized spacial score (nSPS) is 11.5. The quantitative estimate of drug-likeness (QED) is 0.514. The molecule has 3 aromatic rings. The Morgan fingerprint density at radius 3 is 2.62 bits per heavy atom. The first kappa shape index (κ1) is 14.3. The van der Waals surface area contributed by atoms with Gasteiger partial charge in [-0.25, -0.2) is 9.37 Å². The van der Waals surface area contributed by atoms with Gasteiger partial charge in [0, 0.05) is 15.2 Å². The van der Waals surface area contributed by atoms with Crippen molar-refractivity contribution in [3.63, 3.8) is 0 Å². The number of imidazole rings is 1. The molecule has 3 nitrogen and oxygen atoms in total. The molecule has 0 aliphatic rings. The summed E-state index contributed by atoms with van der Waals surface area (Å²) in [7, 11) is 0. The third-order valence-corrected chi connectivity index (χ3v) is 4.24. The van der Waals surface area contributed by atoms with Gasteiger partial charge < -0.3 is 5.73 Å². The monoisotopic (exact) mass is 395 g/mol. The lowest BCUT2D eigenvalue weighted by Gasteiger charge is -2.13. The molecule has 2 N–H and O–H groups in total. The maximum absolute atomic E-state index is 13.4. The number of halogens is 2. The van der Waals surface area contributed by atoms with E-state index >= 15 is 0 Å². The molecule has 3 rings (SSSR count). The van der Waals surface area contributed by atoms with Crippen LogP contribution in [0.3, 0.4) is 0 Å². The molecule has 1 aromatic heterocycles. The van der Waals surface area contributed by atoms with Crippen molar-refractivity contribution < 1.29 is 4.39 Å². The molecule has 1 heterocycles. The van der Waals surface area contributed by atoms with Crippen molar-refractivity contribution >= 4 is 39.3 Å². The van der Waals surface area contributed by atoms with E-state index in [9.17, 15) is 4.39 Å². The summed E-state index contributed by atoms with van der Waals surface area (Å²) in [6.07, 6.45) is 0. The topological polar surface area (TPSA) is 43.8 Å². The van der Waals surface area contributed by atoms with E-state index in [-0.39, 0.29) is 11.7 Å². The Balaban J connectivity index is 2.36. The van der Waals surface area contributed by atoms with Crippen LogP contribution in [0.4, 0.5) is 10.1 Å². The number of nitrogens with zero attached hydrogens (tertiary/aromatic N) is 2. The van der Waals surface area contributed by atoms with Crippen LogP contribution in [0.5, 0.6) is 0 Å². The summed E-state index contributed by atoms with van der Waals surface area (Å²) in [5, 5.41) is 0. The SMILES string of the molecule is CC(C)c1nc2cc(N)ccc2n1-c1ccc(F)cc1I. The Bertz CT molecular complexity index is 824. The fraction of sp³-hybridized carbons (Fsp3) is 0.188. The lowest BCUT2D eigenvalue weighted by atomic mass is 10.2. The fourth-order valence-corrected chi connectivity index (χ4v) is 3.14. The van der Waals surface area contributed by atoms with E-state index in [0.717, 1.165) is 26.1 Å². The van der Waals surface area contributed by atoms with Crippen LogP contribution in [0.1, 0.15) is 25.6 Å². The van der Waals surface area contributed by atoms with Crippen molar-refractivity contribution in [2.24, 2.45) is 0 Å². The number of nitrogen functional groups attached to an aromatic ring is 1. The highest BCUT2D eigenvalue weighted by Gasteiger charge is 2.17. The Kier molecular flexibility index (Phi) is 3.61. The minimum Gasteiger partial charge on any atom is -0.399 e. The summed E-state index contributed by atoms with van der Waals surface area (Å²) in [6, 6.07) is 10.5. The number of aromatic nitrogens is 2. The van der Waals surface area contributed by atoms with E-state index in [2.05, 4.69) is 41.0 Å². The maximum atomic E-state index is 13.4. The zero-order chi connectivity index (χ0) is 15.1. The second kappa shape index (κ2) is 5.29. The predicted molar refractivity (Wildman–Crippen MR) is 92.2 cm³/mol. The molecular formula is C16H15FIN3. The van der Waals surface area contributed by atoms with Gasteiger partial charge in [0.2, 0.25) is 0 Å². The first-order valence-corrected chi connectivity index (χ1v) is 7.78. The van der Waals surface area contributed by atoms with E-state index in [4.69, 9.17) is 10.7 Å². The van der Waals surface area contributed by atoms with Gasteiger partial charge >= 0.3 is 0 Å². The number of fused-ring (bicyclic) bond motifs is 1. The molecule has 0 aliphatic carbocycles. The van der Waals surface area contributed by atoms with Crippen molar-refractivity contribution in [1.29, 1.82) is 0 Å². The summed E-state index contributed by atoms with van der Waals surface area (Å²) >= 11 is 2.15. The van der Waals surface area contributed by atoms with E-state index < -0.39 is 0 Å². The van der Waals surface area contributed by atoms with Gasteiger partial charge in [-0.1, -0.05) is 13.8 Å². The van der Waals surface area contributed by atoms with Crippen LogP contribution >= 0.6 is 22.6 Å². The van der Waals surface area contributed by atoms with Gasteiger partial charge in [0.05, 0.1) is 16.7 Å². The molecule has 0 unspecified atom stereocenters. The standard InChI is InChI=1S/C16H15FIN3/c1-9(2)16-20-13-8-11(19)4-6-15(13)21(16)14-5-3-10(17)7-12(14)18/h3-9H,19H2,1-2H3. The molecule has 0 fully saturated rings. The Morgan fingerprint density at radius 2 is 1.95 bits per heavy atom. The van der Waals surface area contributed by atoms with Crippen LogP contribution in [0.15, 0.2) is 36.4 Å². The van der Waals surface area contributed by atoms with E-state index in [0.29, 0.717) is 5.69 Å². The molecule has 2 aromatic carbocycles. The minimum atomic E-state index is -0.233. The highest BCUT2D eigenvalue weighted by molar-refractivity contribution is 14.1. The number of hydrogen-bond acceptors (Lipinski definition) is 2. The van der Waals surface area contributed by atoms with Crippen molar-refractivity contribution in [3.8, 4) is 5.69 Å². The number of nitrogens with two attached hydrogens (primary N) is 1. The van der Waals surface area contributed by atoms with Crippen molar-refractivity contribution in [2.45, 2.75) is 19.8 Å². The molecule has 21 heavy (non-hydrogen) atoms. The Morgan fingerprint density at radius 1 is 1.19 bits per heavy atom. The van der Waals surface area contributed by atoms with E-state index in [1.165, 1.54) is 12.1 Å². The molecule has 0 amide bonds. The average molecular weight is 395 g/mol. The second-order valence-corrected chi connectivity index (χ2v) is 6.47. The maximum Gasteiger partial charge on any atom is 0.124 e. The second-order valence-electron chi connectivity index (χ2n) is 5.30. The van der Waals surface area contributed by atoms with Crippen molar-refractivity contribution in [2.75, 3.05) is 5.73 Å². The smallest absolute Gasteiger partial charge is 0.124 e. The third-order valence-electron chi connectivity index (χ3n) is 3.37. The Labute approximate surface area is 136 Å². The zero-order valence-corrected chi connectivity index (χ0v) is 13.9. The van der Waals surface area contributed by atoms with Crippen LogP contribution in [0.2, 0.25) is 0 Å². The van der Waals surface area contributed by atoms with E-state index in [1.807, 2.05) is 18.2 Å². The number of benzene rings is 2. The highest BCUT2D eigenvalue weighted by Crippen LogP contribution is 2.29. The molecule has 0 bridgehead atoms.